The molecule has 2 atom stereocenters. The summed E-state index contributed by atoms with van der Waals surface area (Å²) >= 11 is 0. The predicted molar refractivity (Wildman–Crippen MR) is 87.1 cm³/mol. The van der Waals surface area contributed by atoms with Crippen LogP contribution in [0.2, 0.25) is 0 Å². The molecule has 23 heavy (non-hydrogen) atoms. The molecule has 2 saturated heterocycles. The van der Waals surface area contributed by atoms with Crippen LogP contribution in [0.15, 0.2) is 6.33 Å². The average molecular weight is 320 g/mol. The molecule has 2 fully saturated rings. The van der Waals surface area contributed by atoms with Gasteiger partial charge in [0.05, 0.1) is 12.0 Å². The predicted octanol–water partition coefficient (Wildman–Crippen LogP) is 2.38. The van der Waals surface area contributed by atoms with E-state index in [1.54, 1.807) is 0 Å². The zero-order valence-corrected chi connectivity index (χ0v) is 14.4. The van der Waals surface area contributed by atoms with Crippen molar-refractivity contribution in [3.8, 4) is 0 Å². The van der Waals surface area contributed by atoms with Crippen molar-refractivity contribution in [2.75, 3.05) is 19.7 Å². The van der Waals surface area contributed by atoms with E-state index in [1.165, 1.54) is 0 Å². The third kappa shape index (κ3) is 3.42. The quantitative estimate of drug-likeness (QED) is 0.858. The van der Waals surface area contributed by atoms with Crippen LogP contribution in [-0.2, 0) is 9.53 Å². The number of amides is 1. The zero-order chi connectivity index (χ0) is 16.4. The van der Waals surface area contributed by atoms with Crippen molar-refractivity contribution in [2.24, 2.45) is 5.92 Å². The van der Waals surface area contributed by atoms with E-state index in [0.29, 0.717) is 12.0 Å². The van der Waals surface area contributed by atoms with E-state index in [4.69, 9.17) is 4.74 Å². The maximum absolute atomic E-state index is 12.7. The van der Waals surface area contributed by atoms with Crippen LogP contribution in [0.25, 0.3) is 0 Å². The van der Waals surface area contributed by atoms with Gasteiger partial charge in [0.1, 0.15) is 12.2 Å². The summed E-state index contributed by atoms with van der Waals surface area (Å²) in [5, 5.41) is 8.39. The molecule has 3 rings (SSSR count). The highest BCUT2D eigenvalue weighted by molar-refractivity contribution is 5.79. The summed E-state index contributed by atoms with van der Waals surface area (Å²) in [4.78, 5) is 14.8. The van der Waals surface area contributed by atoms with E-state index in [0.717, 1.165) is 51.2 Å². The topological polar surface area (TPSA) is 60.2 Å². The second kappa shape index (κ2) is 6.99. The van der Waals surface area contributed by atoms with Crippen molar-refractivity contribution in [2.45, 2.75) is 64.5 Å². The lowest BCUT2D eigenvalue weighted by Gasteiger charge is -2.37. The Balaban J connectivity index is 1.60. The van der Waals surface area contributed by atoms with E-state index in [9.17, 15) is 4.79 Å². The third-order valence-electron chi connectivity index (χ3n) is 5.25. The van der Waals surface area contributed by atoms with Gasteiger partial charge in [-0.15, -0.1) is 10.2 Å². The van der Waals surface area contributed by atoms with Gasteiger partial charge in [-0.1, -0.05) is 0 Å². The van der Waals surface area contributed by atoms with E-state index < -0.39 is 0 Å². The van der Waals surface area contributed by atoms with Gasteiger partial charge in [-0.25, -0.2) is 0 Å². The Kier molecular flexibility index (Phi) is 4.99. The molecule has 0 unspecified atom stereocenters. The number of likely N-dealkylation sites (tertiary alicyclic amines) is 1. The number of ether oxygens (including phenoxy) is 1. The van der Waals surface area contributed by atoms with Crippen molar-refractivity contribution in [1.82, 2.24) is 19.7 Å². The van der Waals surface area contributed by atoms with Crippen LogP contribution < -0.4 is 0 Å². The van der Waals surface area contributed by atoms with Gasteiger partial charge in [-0.2, -0.15) is 0 Å². The van der Waals surface area contributed by atoms with Gasteiger partial charge in [0.15, 0.2) is 0 Å². The lowest BCUT2D eigenvalue weighted by atomic mass is 9.91. The minimum atomic E-state index is 0.0413. The summed E-state index contributed by atoms with van der Waals surface area (Å²) in [6.45, 7) is 8.75. The monoisotopic (exact) mass is 320 g/mol. The molecule has 1 amide bonds. The molecule has 1 aromatic heterocycles. The van der Waals surface area contributed by atoms with Crippen molar-refractivity contribution in [3.63, 3.8) is 0 Å². The summed E-state index contributed by atoms with van der Waals surface area (Å²) < 4.78 is 7.81. The smallest absolute Gasteiger partial charge is 0.228 e. The van der Waals surface area contributed by atoms with Crippen molar-refractivity contribution in [3.05, 3.63) is 12.2 Å². The van der Waals surface area contributed by atoms with Crippen molar-refractivity contribution < 1.29 is 9.53 Å². The fourth-order valence-corrected chi connectivity index (χ4v) is 3.78. The van der Waals surface area contributed by atoms with Crippen LogP contribution >= 0.6 is 0 Å². The van der Waals surface area contributed by atoms with E-state index in [2.05, 4.69) is 28.6 Å². The van der Waals surface area contributed by atoms with Gasteiger partial charge in [-0.05, 0) is 46.5 Å². The highest BCUT2D eigenvalue weighted by Crippen LogP contribution is 2.30. The molecule has 6 heteroatoms. The van der Waals surface area contributed by atoms with Crippen molar-refractivity contribution >= 4 is 5.91 Å². The number of piperidine rings is 1. The lowest BCUT2D eigenvalue weighted by molar-refractivity contribution is -0.145. The number of carbonyl (C=O) groups is 1. The molecule has 0 aliphatic carbocycles. The molecule has 0 bridgehead atoms. The maximum Gasteiger partial charge on any atom is 0.228 e. The van der Waals surface area contributed by atoms with Crippen LogP contribution in [0.3, 0.4) is 0 Å². The van der Waals surface area contributed by atoms with Gasteiger partial charge >= 0.3 is 0 Å². The van der Waals surface area contributed by atoms with Crippen LogP contribution in [0.1, 0.15) is 64.2 Å². The molecule has 3 heterocycles. The first-order chi connectivity index (χ1) is 11.1. The maximum atomic E-state index is 12.7. The molecule has 2 aliphatic heterocycles. The zero-order valence-electron chi connectivity index (χ0n) is 14.4. The minimum absolute atomic E-state index is 0.0413. The highest BCUT2D eigenvalue weighted by atomic mass is 16.5. The summed E-state index contributed by atoms with van der Waals surface area (Å²) in [5.41, 5.74) is 0. The first-order valence-electron chi connectivity index (χ1n) is 8.87. The van der Waals surface area contributed by atoms with Gasteiger partial charge in [0, 0.05) is 31.7 Å². The van der Waals surface area contributed by atoms with Gasteiger partial charge < -0.3 is 14.2 Å². The first-order valence-corrected chi connectivity index (χ1v) is 8.87. The van der Waals surface area contributed by atoms with Crippen molar-refractivity contribution in [1.29, 1.82) is 0 Å². The highest BCUT2D eigenvalue weighted by Gasteiger charge is 2.34. The van der Waals surface area contributed by atoms with E-state index >= 15 is 0 Å². The third-order valence-corrected chi connectivity index (χ3v) is 5.25. The van der Waals surface area contributed by atoms with Crippen LogP contribution in [0.4, 0.5) is 0 Å². The van der Waals surface area contributed by atoms with Crippen LogP contribution in [-0.4, -0.2) is 51.4 Å². The molecule has 6 nitrogen and oxygen atoms in total. The Morgan fingerprint density at radius 2 is 2.04 bits per heavy atom. The second-order valence-corrected chi connectivity index (χ2v) is 7.11. The summed E-state index contributed by atoms with van der Waals surface area (Å²) in [7, 11) is 0. The summed E-state index contributed by atoms with van der Waals surface area (Å²) in [6, 6.07) is 0.375. The minimum Gasteiger partial charge on any atom is -0.378 e. The van der Waals surface area contributed by atoms with Gasteiger partial charge in [0.25, 0.3) is 0 Å². The molecule has 2 aliphatic rings. The number of carbonyl (C=O) groups excluding carboxylic acids is 1. The molecular weight excluding hydrogens is 292 g/mol. The lowest BCUT2D eigenvalue weighted by Crippen LogP contribution is -2.46. The Hall–Kier alpha value is -1.43. The molecule has 128 valence electrons. The van der Waals surface area contributed by atoms with E-state index in [-0.39, 0.29) is 17.9 Å². The number of aromatic nitrogens is 3. The van der Waals surface area contributed by atoms with Crippen LogP contribution in [0.5, 0.6) is 0 Å². The molecule has 0 spiro atoms. The molecule has 0 radical (unpaired) electrons. The number of hydrogen-bond acceptors (Lipinski definition) is 4. The Labute approximate surface area is 138 Å². The fraction of sp³-hybridized carbons (Fsp3) is 0.824. The largest absolute Gasteiger partial charge is 0.378 e. The Morgan fingerprint density at radius 1 is 1.30 bits per heavy atom. The van der Waals surface area contributed by atoms with E-state index in [1.807, 2.05) is 18.2 Å². The normalized spacial score (nSPS) is 26.7. The number of hydrogen-bond donors (Lipinski definition) is 0. The summed E-state index contributed by atoms with van der Waals surface area (Å²) in [6.07, 6.45) is 5.77. The molecule has 0 saturated carbocycles. The van der Waals surface area contributed by atoms with Gasteiger partial charge in [0.2, 0.25) is 5.91 Å². The first kappa shape index (κ1) is 16.4. The molecule has 0 aromatic carbocycles. The second-order valence-electron chi connectivity index (χ2n) is 7.11. The molecule has 1 aromatic rings. The standard InChI is InChI=1S/C17H28N4O2/c1-12(2)21-11-18-19-16(21)14-6-8-20(9-7-14)17(22)15-5-4-10-23-13(15)3/h11-15H,4-10H2,1-3H3/t13-,15-/m0/s1. The fourth-order valence-electron chi connectivity index (χ4n) is 3.78. The Bertz CT molecular complexity index is 534. The summed E-state index contributed by atoms with van der Waals surface area (Å²) in [5.74, 6) is 1.80. The van der Waals surface area contributed by atoms with Gasteiger partial charge in [-0.3, -0.25) is 4.79 Å². The SMILES string of the molecule is CC(C)n1cnnc1C1CCN(C(=O)[C@H]2CCCO[C@H]2C)CC1. The van der Waals surface area contributed by atoms with Crippen LogP contribution in [0, 0.1) is 5.92 Å². The number of rotatable bonds is 3. The Morgan fingerprint density at radius 3 is 2.70 bits per heavy atom. The molecule has 0 N–H and O–H groups in total. The average Bonchev–Trinajstić information content (AvgIpc) is 3.05. The molecular formula is C17H28N4O2. The number of nitrogens with zero attached hydrogens (tertiary/aromatic N) is 4.